The average molecular weight is 240 g/mol. The fourth-order valence-corrected chi connectivity index (χ4v) is 3.04. The van der Waals surface area contributed by atoms with Crippen LogP contribution in [0.4, 0.5) is 0 Å². The molecule has 94 valence electrons. The second kappa shape index (κ2) is 4.69. The van der Waals surface area contributed by atoms with Crippen LogP contribution in [-0.2, 0) is 0 Å². The van der Waals surface area contributed by atoms with Crippen molar-refractivity contribution in [3.05, 3.63) is 41.6 Å². The number of rotatable bonds is 2. The van der Waals surface area contributed by atoms with Gasteiger partial charge in [-0.15, -0.1) is 0 Å². The van der Waals surface area contributed by atoms with Crippen molar-refractivity contribution < 1.29 is 0 Å². The summed E-state index contributed by atoms with van der Waals surface area (Å²) in [4.78, 5) is 4.53. The largest absolute Gasteiger partial charge is 0.324 e. The van der Waals surface area contributed by atoms with Crippen molar-refractivity contribution in [2.45, 2.75) is 38.6 Å². The molecule has 1 aliphatic carbocycles. The molecular formula is C16H20N2. The summed E-state index contributed by atoms with van der Waals surface area (Å²) in [5.41, 5.74) is 9.80. The highest BCUT2D eigenvalue weighted by Crippen LogP contribution is 2.34. The molecular weight excluding hydrogens is 220 g/mol. The molecule has 0 saturated heterocycles. The Morgan fingerprint density at radius 2 is 1.94 bits per heavy atom. The number of nitrogens with two attached hydrogens (primary N) is 1. The highest BCUT2D eigenvalue weighted by molar-refractivity contribution is 5.79. The summed E-state index contributed by atoms with van der Waals surface area (Å²) >= 11 is 0. The SMILES string of the molecule is Cc1ccc2cc(C(N)C3CCCC3)ccc2n1. The molecule has 0 bridgehead atoms. The predicted molar refractivity (Wildman–Crippen MR) is 75.4 cm³/mol. The first-order valence-electron chi connectivity index (χ1n) is 6.87. The van der Waals surface area contributed by atoms with Crippen LogP contribution in [0.15, 0.2) is 30.3 Å². The Bertz CT molecular complexity index is 556. The fourth-order valence-electron chi connectivity index (χ4n) is 3.04. The molecule has 1 saturated carbocycles. The number of aromatic nitrogens is 1. The third kappa shape index (κ3) is 2.13. The van der Waals surface area contributed by atoms with Gasteiger partial charge in [-0.05, 0) is 49.4 Å². The third-order valence-electron chi connectivity index (χ3n) is 4.15. The van der Waals surface area contributed by atoms with Crippen LogP contribution in [0.5, 0.6) is 0 Å². The molecule has 1 unspecified atom stereocenters. The molecule has 1 heterocycles. The fraction of sp³-hybridized carbons (Fsp3) is 0.438. The molecule has 1 aliphatic rings. The van der Waals surface area contributed by atoms with Gasteiger partial charge in [0.05, 0.1) is 5.52 Å². The summed E-state index contributed by atoms with van der Waals surface area (Å²) in [6, 6.07) is 10.9. The van der Waals surface area contributed by atoms with Crippen LogP contribution in [0.3, 0.4) is 0 Å². The van der Waals surface area contributed by atoms with Gasteiger partial charge in [0.1, 0.15) is 0 Å². The number of aryl methyl sites for hydroxylation is 1. The molecule has 2 nitrogen and oxygen atoms in total. The average Bonchev–Trinajstić information content (AvgIpc) is 2.91. The van der Waals surface area contributed by atoms with E-state index in [0.717, 1.165) is 11.2 Å². The minimum atomic E-state index is 0.193. The number of nitrogens with zero attached hydrogens (tertiary/aromatic N) is 1. The second-order valence-electron chi connectivity index (χ2n) is 5.48. The van der Waals surface area contributed by atoms with Gasteiger partial charge < -0.3 is 5.73 Å². The van der Waals surface area contributed by atoms with Crippen LogP contribution in [0.2, 0.25) is 0 Å². The Hall–Kier alpha value is -1.41. The second-order valence-corrected chi connectivity index (χ2v) is 5.48. The van der Waals surface area contributed by atoms with Gasteiger partial charge in [0.25, 0.3) is 0 Å². The standard InChI is InChI=1S/C16H20N2/c1-11-6-7-13-10-14(8-9-15(13)18-11)16(17)12-4-2-3-5-12/h6-10,12,16H,2-5,17H2,1H3. The zero-order chi connectivity index (χ0) is 12.5. The maximum Gasteiger partial charge on any atom is 0.0705 e. The summed E-state index contributed by atoms with van der Waals surface area (Å²) in [5, 5.41) is 1.20. The number of hydrogen-bond acceptors (Lipinski definition) is 2. The molecule has 2 heteroatoms. The molecule has 0 radical (unpaired) electrons. The number of hydrogen-bond donors (Lipinski definition) is 1. The molecule has 0 aliphatic heterocycles. The quantitative estimate of drug-likeness (QED) is 0.868. The Kier molecular flexibility index (Phi) is 3.04. The lowest BCUT2D eigenvalue weighted by Gasteiger charge is -2.19. The first-order valence-corrected chi connectivity index (χ1v) is 6.87. The van der Waals surface area contributed by atoms with Gasteiger partial charge >= 0.3 is 0 Å². The molecule has 0 spiro atoms. The van der Waals surface area contributed by atoms with Crippen LogP contribution < -0.4 is 5.73 Å². The van der Waals surface area contributed by atoms with Crippen molar-refractivity contribution in [1.82, 2.24) is 4.98 Å². The Balaban J connectivity index is 1.94. The van der Waals surface area contributed by atoms with Crippen molar-refractivity contribution in [2.75, 3.05) is 0 Å². The number of benzene rings is 1. The maximum absolute atomic E-state index is 6.40. The van der Waals surface area contributed by atoms with Crippen LogP contribution >= 0.6 is 0 Å². The van der Waals surface area contributed by atoms with Crippen molar-refractivity contribution in [1.29, 1.82) is 0 Å². The van der Waals surface area contributed by atoms with Gasteiger partial charge in [0, 0.05) is 17.1 Å². The third-order valence-corrected chi connectivity index (χ3v) is 4.15. The number of pyridine rings is 1. The lowest BCUT2D eigenvalue weighted by atomic mass is 9.92. The van der Waals surface area contributed by atoms with Crippen LogP contribution in [0, 0.1) is 12.8 Å². The molecule has 1 aromatic carbocycles. The van der Waals surface area contributed by atoms with E-state index in [1.165, 1.54) is 36.6 Å². The van der Waals surface area contributed by atoms with E-state index in [-0.39, 0.29) is 6.04 Å². The Morgan fingerprint density at radius 3 is 2.72 bits per heavy atom. The van der Waals surface area contributed by atoms with E-state index < -0.39 is 0 Å². The minimum Gasteiger partial charge on any atom is -0.324 e. The first-order chi connectivity index (χ1) is 8.74. The highest BCUT2D eigenvalue weighted by atomic mass is 14.7. The van der Waals surface area contributed by atoms with E-state index in [1.807, 2.05) is 6.92 Å². The molecule has 18 heavy (non-hydrogen) atoms. The summed E-state index contributed by atoms with van der Waals surface area (Å²) in [7, 11) is 0. The van der Waals surface area contributed by atoms with Crippen molar-refractivity contribution >= 4 is 10.9 Å². The van der Waals surface area contributed by atoms with Gasteiger partial charge in [-0.3, -0.25) is 4.98 Å². The summed E-state index contributed by atoms with van der Waals surface area (Å²) in [6.07, 6.45) is 5.25. The van der Waals surface area contributed by atoms with Crippen molar-refractivity contribution in [3.8, 4) is 0 Å². The van der Waals surface area contributed by atoms with Gasteiger partial charge in [0.15, 0.2) is 0 Å². The molecule has 1 aromatic heterocycles. The lowest BCUT2D eigenvalue weighted by molar-refractivity contribution is 0.445. The van der Waals surface area contributed by atoms with Crippen molar-refractivity contribution in [3.63, 3.8) is 0 Å². The van der Waals surface area contributed by atoms with E-state index in [9.17, 15) is 0 Å². The van der Waals surface area contributed by atoms with Gasteiger partial charge in [-0.2, -0.15) is 0 Å². The lowest BCUT2D eigenvalue weighted by Crippen LogP contribution is -2.18. The smallest absolute Gasteiger partial charge is 0.0705 e. The van der Waals surface area contributed by atoms with Crippen LogP contribution in [-0.4, -0.2) is 4.98 Å². The summed E-state index contributed by atoms with van der Waals surface area (Å²) in [5.74, 6) is 0.667. The molecule has 0 amide bonds. The molecule has 2 aromatic rings. The van der Waals surface area contributed by atoms with Crippen molar-refractivity contribution in [2.24, 2.45) is 11.7 Å². The highest BCUT2D eigenvalue weighted by Gasteiger charge is 2.23. The van der Waals surface area contributed by atoms with Gasteiger partial charge in [-0.25, -0.2) is 0 Å². The Labute approximate surface area is 108 Å². The van der Waals surface area contributed by atoms with E-state index in [4.69, 9.17) is 5.73 Å². The predicted octanol–water partition coefficient (Wildman–Crippen LogP) is 3.73. The van der Waals surface area contributed by atoms with Gasteiger partial charge in [-0.1, -0.05) is 25.0 Å². The summed E-state index contributed by atoms with van der Waals surface area (Å²) in [6.45, 7) is 2.03. The maximum atomic E-state index is 6.40. The monoisotopic (exact) mass is 240 g/mol. The zero-order valence-electron chi connectivity index (χ0n) is 10.9. The molecule has 1 atom stereocenters. The van der Waals surface area contributed by atoms with Crippen LogP contribution in [0.25, 0.3) is 10.9 Å². The molecule has 3 rings (SSSR count). The normalized spacial score (nSPS) is 18.3. The number of fused-ring (bicyclic) bond motifs is 1. The Morgan fingerprint density at radius 1 is 1.17 bits per heavy atom. The molecule has 2 N–H and O–H groups in total. The van der Waals surface area contributed by atoms with E-state index in [1.54, 1.807) is 0 Å². The van der Waals surface area contributed by atoms with Crippen LogP contribution in [0.1, 0.15) is 43.0 Å². The van der Waals surface area contributed by atoms with E-state index in [2.05, 4.69) is 35.3 Å². The topological polar surface area (TPSA) is 38.9 Å². The minimum absolute atomic E-state index is 0.193. The van der Waals surface area contributed by atoms with Gasteiger partial charge in [0.2, 0.25) is 0 Å². The summed E-state index contributed by atoms with van der Waals surface area (Å²) < 4.78 is 0. The molecule has 1 fully saturated rings. The van der Waals surface area contributed by atoms with E-state index >= 15 is 0 Å². The first kappa shape index (κ1) is 11.7. The van der Waals surface area contributed by atoms with E-state index in [0.29, 0.717) is 5.92 Å². The zero-order valence-corrected chi connectivity index (χ0v) is 10.9.